The minimum absolute atomic E-state index is 0.0469. The first-order valence-corrected chi connectivity index (χ1v) is 6.75. The first-order chi connectivity index (χ1) is 8.99. The van der Waals surface area contributed by atoms with E-state index in [4.69, 9.17) is 4.74 Å². The molecule has 108 valence electrons. The molecule has 1 aromatic carbocycles. The van der Waals surface area contributed by atoms with Crippen LogP contribution in [0.4, 0.5) is 8.78 Å². The monoisotopic (exact) mass is 272 g/mol. The van der Waals surface area contributed by atoms with Crippen LogP contribution in [-0.4, -0.2) is 23.4 Å². The minimum atomic E-state index is -0.862. The maximum absolute atomic E-state index is 13.6. The highest BCUT2D eigenvalue weighted by Gasteiger charge is 2.35. The van der Waals surface area contributed by atoms with Crippen molar-refractivity contribution in [2.75, 3.05) is 6.61 Å². The van der Waals surface area contributed by atoms with Crippen molar-refractivity contribution in [2.45, 2.75) is 51.7 Å². The maximum Gasteiger partial charge on any atom is 0.126 e. The topological polar surface area (TPSA) is 29.5 Å². The van der Waals surface area contributed by atoms with Gasteiger partial charge in [0, 0.05) is 13.0 Å². The molecule has 1 aromatic rings. The van der Waals surface area contributed by atoms with Crippen molar-refractivity contribution in [3.8, 4) is 0 Å². The van der Waals surface area contributed by atoms with Gasteiger partial charge in [-0.15, -0.1) is 0 Å². The van der Waals surface area contributed by atoms with Crippen LogP contribution >= 0.6 is 0 Å². The van der Waals surface area contributed by atoms with Crippen molar-refractivity contribution in [1.29, 1.82) is 0 Å². The standard InChI is InChI=1S/C15H22F2O2/c1-4-15(5-2,19-6-3)14(18)10-11-9-12(16)7-8-13(11)17/h7-9,14,18H,4-6,10H2,1-3H3. The Balaban J connectivity index is 2.92. The van der Waals surface area contributed by atoms with Gasteiger partial charge >= 0.3 is 0 Å². The smallest absolute Gasteiger partial charge is 0.126 e. The summed E-state index contributed by atoms with van der Waals surface area (Å²) in [5.74, 6) is -1.00. The van der Waals surface area contributed by atoms with Crippen LogP contribution in [0.3, 0.4) is 0 Å². The third-order valence-electron chi connectivity index (χ3n) is 3.66. The summed E-state index contributed by atoms with van der Waals surface area (Å²) in [6.07, 6.45) is 0.426. The van der Waals surface area contributed by atoms with E-state index in [9.17, 15) is 13.9 Å². The second kappa shape index (κ2) is 6.96. The van der Waals surface area contributed by atoms with Gasteiger partial charge in [-0.05, 0) is 43.5 Å². The molecule has 0 spiro atoms. The van der Waals surface area contributed by atoms with Crippen molar-refractivity contribution in [3.63, 3.8) is 0 Å². The Morgan fingerprint density at radius 2 is 1.84 bits per heavy atom. The molecular weight excluding hydrogens is 250 g/mol. The summed E-state index contributed by atoms with van der Waals surface area (Å²) in [7, 11) is 0. The van der Waals surface area contributed by atoms with Crippen LogP contribution in [0.1, 0.15) is 39.2 Å². The summed E-state index contributed by atoms with van der Waals surface area (Å²) in [5.41, 5.74) is -0.522. The fourth-order valence-corrected chi connectivity index (χ4v) is 2.40. The highest BCUT2D eigenvalue weighted by molar-refractivity contribution is 5.20. The maximum atomic E-state index is 13.6. The van der Waals surface area contributed by atoms with E-state index in [0.29, 0.717) is 19.4 Å². The Kier molecular flexibility index (Phi) is 5.88. The first-order valence-electron chi connectivity index (χ1n) is 6.75. The lowest BCUT2D eigenvalue weighted by molar-refractivity contribution is -0.124. The summed E-state index contributed by atoms with van der Waals surface area (Å²) < 4.78 is 32.4. The average Bonchev–Trinajstić information content (AvgIpc) is 2.40. The first kappa shape index (κ1) is 16.1. The highest BCUT2D eigenvalue weighted by atomic mass is 19.1. The average molecular weight is 272 g/mol. The number of ether oxygens (including phenoxy) is 1. The third-order valence-corrected chi connectivity index (χ3v) is 3.66. The van der Waals surface area contributed by atoms with Gasteiger partial charge in [0.2, 0.25) is 0 Å². The van der Waals surface area contributed by atoms with Crippen molar-refractivity contribution >= 4 is 0 Å². The Morgan fingerprint density at radius 3 is 2.37 bits per heavy atom. The Labute approximate surface area is 113 Å². The molecule has 2 nitrogen and oxygen atoms in total. The molecule has 1 rings (SSSR count). The lowest BCUT2D eigenvalue weighted by Crippen LogP contribution is -2.45. The van der Waals surface area contributed by atoms with Crippen molar-refractivity contribution in [2.24, 2.45) is 0 Å². The van der Waals surface area contributed by atoms with E-state index in [-0.39, 0.29) is 12.0 Å². The van der Waals surface area contributed by atoms with Crippen LogP contribution in [0, 0.1) is 11.6 Å². The zero-order valence-corrected chi connectivity index (χ0v) is 11.7. The van der Waals surface area contributed by atoms with Gasteiger partial charge in [-0.1, -0.05) is 13.8 Å². The van der Waals surface area contributed by atoms with Crippen LogP contribution in [0.2, 0.25) is 0 Å². The third kappa shape index (κ3) is 3.74. The van der Waals surface area contributed by atoms with Gasteiger partial charge in [0.05, 0.1) is 11.7 Å². The SMILES string of the molecule is CCOC(CC)(CC)C(O)Cc1cc(F)ccc1F. The van der Waals surface area contributed by atoms with Crippen molar-refractivity contribution in [1.82, 2.24) is 0 Å². The van der Waals surface area contributed by atoms with E-state index in [1.54, 1.807) is 0 Å². The lowest BCUT2D eigenvalue weighted by Gasteiger charge is -2.36. The molecule has 0 aliphatic carbocycles. The van der Waals surface area contributed by atoms with Crippen LogP contribution < -0.4 is 0 Å². The molecule has 1 unspecified atom stereocenters. The number of aliphatic hydroxyl groups excluding tert-OH is 1. The van der Waals surface area contributed by atoms with E-state index in [2.05, 4.69) is 0 Å². The Hall–Kier alpha value is -1.00. The summed E-state index contributed by atoms with van der Waals surface area (Å²) in [6, 6.07) is 3.28. The summed E-state index contributed by atoms with van der Waals surface area (Å²) in [6.45, 7) is 6.18. The van der Waals surface area contributed by atoms with Gasteiger partial charge in [0.15, 0.2) is 0 Å². The van der Waals surface area contributed by atoms with Crippen LogP contribution in [0.25, 0.3) is 0 Å². The van der Waals surface area contributed by atoms with Crippen LogP contribution in [0.5, 0.6) is 0 Å². The zero-order valence-electron chi connectivity index (χ0n) is 11.7. The van der Waals surface area contributed by atoms with E-state index >= 15 is 0 Å². The number of hydrogen-bond donors (Lipinski definition) is 1. The zero-order chi connectivity index (χ0) is 14.5. The number of hydrogen-bond acceptors (Lipinski definition) is 2. The van der Waals surface area contributed by atoms with E-state index in [0.717, 1.165) is 18.2 Å². The molecule has 0 radical (unpaired) electrons. The number of halogens is 2. The molecule has 0 saturated carbocycles. The lowest BCUT2D eigenvalue weighted by atomic mass is 9.86. The number of aliphatic hydroxyl groups is 1. The summed E-state index contributed by atoms with van der Waals surface area (Å²) in [5, 5.41) is 10.3. The van der Waals surface area contributed by atoms with Gasteiger partial charge in [0.1, 0.15) is 11.6 Å². The van der Waals surface area contributed by atoms with Gasteiger partial charge in [-0.3, -0.25) is 0 Å². The molecule has 0 amide bonds. The predicted molar refractivity (Wildman–Crippen MR) is 71.0 cm³/mol. The van der Waals surface area contributed by atoms with Crippen molar-refractivity contribution < 1.29 is 18.6 Å². The Bertz CT molecular complexity index is 403. The molecule has 0 aromatic heterocycles. The predicted octanol–water partition coefficient (Wildman–Crippen LogP) is 3.46. The van der Waals surface area contributed by atoms with Crippen LogP contribution in [-0.2, 0) is 11.2 Å². The fraction of sp³-hybridized carbons (Fsp3) is 0.600. The second-order valence-corrected chi connectivity index (χ2v) is 4.66. The minimum Gasteiger partial charge on any atom is -0.390 e. The summed E-state index contributed by atoms with van der Waals surface area (Å²) >= 11 is 0. The summed E-state index contributed by atoms with van der Waals surface area (Å²) in [4.78, 5) is 0. The van der Waals surface area contributed by atoms with Crippen molar-refractivity contribution in [3.05, 3.63) is 35.4 Å². The molecular formula is C15H22F2O2. The van der Waals surface area contributed by atoms with E-state index in [1.807, 2.05) is 20.8 Å². The highest BCUT2D eigenvalue weighted by Crippen LogP contribution is 2.28. The molecule has 0 saturated heterocycles. The largest absolute Gasteiger partial charge is 0.390 e. The van der Waals surface area contributed by atoms with Crippen LogP contribution in [0.15, 0.2) is 18.2 Å². The number of benzene rings is 1. The fourth-order valence-electron chi connectivity index (χ4n) is 2.40. The quantitative estimate of drug-likeness (QED) is 0.823. The second-order valence-electron chi connectivity index (χ2n) is 4.66. The molecule has 0 heterocycles. The molecule has 0 aliphatic heterocycles. The van der Waals surface area contributed by atoms with Gasteiger partial charge in [-0.25, -0.2) is 8.78 Å². The molecule has 0 aliphatic rings. The molecule has 0 bridgehead atoms. The van der Waals surface area contributed by atoms with Gasteiger partial charge < -0.3 is 9.84 Å². The van der Waals surface area contributed by atoms with Gasteiger partial charge in [0.25, 0.3) is 0 Å². The molecule has 4 heteroatoms. The van der Waals surface area contributed by atoms with E-state index in [1.165, 1.54) is 0 Å². The Morgan fingerprint density at radius 1 is 1.21 bits per heavy atom. The van der Waals surface area contributed by atoms with E-state index < -0.39 is 23.3 Å². The number of rotatable bonds is 7. The normalized spacial score (nSPS) is 13.6. The molecule has 1 atom stereocenters. The molecule has 0 fully saturated rings. The molecule has 19 heavy (non-hydrogen) atoms. The molecule has 1 N–H and O–H groups in total. The van der Waals surface area contributed by atoms with Gasteiger partial charge in [-0.2, -0.15) is 0 Å².